The van der Waals surface area contributed by atoms with E-state index >= 15 is 0 Å². The Morgan fingerprint density at radius 1 is 1.36 bits per heavy atom. The van der Waals surface area contributed by atoms with Crippen LogP contribution in [0.1, 0.15) is 16.7 Å². The molecule has 0 atom stereocenters. The molecule has 5 nitrogen and oxygen atoms in total. The summed E-state index contributed by atoms with van der Waals surface area (Å²) in [4.78, 5) is 8.71. The number of nitrogens with one attached hydrogen (secondary N) is 2. The highest BCUT2D eigenvalue weighted by Gasteiger charge is 2.08. The number of allylic oxidation sites excluding steroid dienone is 2. The van der Waals surface area contributed by atoms with Gasteiger partial charge in [0.1, 0.15) is 5.82 Å². The molecule has 1 aromatic carbocycles. The van der Waals surface area contributed by atoms with Gasteiger partial charge in [-0.2, -0.15) is 10.2 Å². The largest absolute Gasteiger partial charge is 0.372 e. The number of nitrogens with zero attached hydrogens (tertiary/aromatic N) is 3. The highest BCUT2D eigenvalue weighted by atomic mass is 15.1. The predicted octanol–water partition coefficient (Wildman–Crippen LogP) is 3.37. The lowest BCUT2D eigenvalue weighted by Crippen LogP contribution is -2.02. The summed E-state index contributed by atoms with van der Waals surface area (Å²) >= 11 is 0. The maximum absolute atomic E-state index is 8.60. The zero-order chi connectivity index (χ0) is 15.4. The van der Waals surface area contributed by atoms with Gasteiger partial charge in [-0.1, -0.05) is 18.2 Å². The second-order valence-corrected chi connectivity index (χ2v) is 4.86. The molecule has 2 N–H and O–H groups in total. The van der Waals surface area contributed by atoms with Crippen molar-refractivity contribution in [3.63, 3.8) is 0 Å². The second-order valence-electron chi connectivity index (χ2n) is 4.86. The molecule has 1 heterocycles. The van der Waals surface area contributed by atoms with E-state index in [1.807, 2.05) is 12.1 Å². The van der Waals surface area contributed by atoms with Crippen molar-refractivity contribution in [2.24, 2.45) is 0 Å². The van der Waals surface area contributed by atoms with Gasteiger partial charge in [-0.3, -0.25) is 0 Å². The highest BCUT2D eigenvalue weighted by molar-refractivity contribution is 5.69. The summed E-state index contributed by atoms with van der Waals surface area (Å²) < 4.78 is 0. The first-order valence-electron chi connectivity index (χ1n) is 6.97. The standard InChI is InChI=1S/C17H15N5/c1-19-16-14(6-3-9-18)11-20-17(22-16)21-15-8-7-12-4-2-5-13(12)10-15/h2-3,5-8,10-11H,4H2,1H3,(H2,19,20,21,22)/b6-3+. The molecule has 3 rings (SSSR count). The summed E-state index contributed by atoms with van der Waals surface area (Å²) in [6.07, 6.45) is 10.0. The Morgan fingerprint density at radius 2 is 2.27 bits per heavy atom. The average Bonchev–Trinajstić information content (AvgIpc) is 3.01. The molecular formula is C17H15N5. The van der Waals surface area contributed by atoms with Crippen molar-refractivity contribution < 1.29 is 0 Å². The molecule has 0 bridgehead atoms. The number of anilines is 3. The lowest BCUT2D eigenvalue weighted by molar-refractivity contribution is 1.15. The van der Waals surface area contributed by atoms with Gasteiger partial charge in [0.05, 0.1) is 6.07 Å². The van der Waals surface area contributed by atoms with Gasteiger partial charge in [-0.15, -0.1) is 0 Å². The summed E-state index contributed by atoms with van der Waals surface area (Å²) in [6, 6.07) is 8.19. The summed E-state index contributed by atoms with van der Waals surface area (Å²) in [7, 11) is 1.79. The van der Waals surface area contributed by atoms with Crippen LogP contribution < -0.4 is 10.6 Å². The Labute approximate surface area is 129 Å². The van der Waals surface area contributed by atoms with E-state index in [0.29, 0.717) is 11.8 Å². The highest BCUT2D eigenvalue weighted by Crippen LogP contribution is 2.25. The molecule has 0 aliphatic heterocycles. The Morgan fingerprint density at radius 3 is 3.09 bits per heavy atom. The van der Waals surface area contributed by atoms with Gasteiger partial charge in [0.15, 0.2) is 0 Å². The van der Waals surface area contributed by atoms with Crippen molar-refractivity contribution in [2.75, 3.05) is 17.7 Å². The fraction of sp³-hybridized carbons (Fsp3) is 0.118. The smallest absolute Gasteiger partial charge is 0.229 e. The van der Waals surface area contributed by atoms with Gasteiger partial charge in [0, 0.05) is 30.6 Å². The summed E-state index contributed by atoms with van der Waals surface area (Å²) in [5.41, 5.74) is 4.28. The first kappa shape index (κ1) is 13.8. The minimum atomic E-state index is 0.514. The molecule has 0 unspecified atom stereocenters. The van der Waals surface area contributed by atoms with E-state index < -0.39 is 0 Å². The van der Waals surface area contributed by atoms with Crippen LogP contribution >= 0.6 is 0 Å². The number of hydrogen-bond donors (Lipinski definition) is 2. The average molecular weight is 289 g/mol. The van der Waals surface area contributed by atoms with E-state index in [1.165, 1.54) is 17.2 Å². The Bertz CT molecular complexity index is 799. The lowest BCUT2D eigenvalue weighted by atomic mass is 10.1. The minimum absolute atomic E-state index is 0.514. The van der Waals surface area contributed by atoms with Gasteiger partial charge in [0.2, 0.25) is 5.95 Å². The zero-order valence-corrected chi connectivity index (χ0v) is 12.2. The van der Waals surface area contributed by atoms with E-state index in [9.17, 15) is 0 Å². The van der Waals surface area contributed by atoms with Crippen molar-refractivity contribution in [3.8, 4) is 6.07 Å². The number of hydrogen-bond acceptors (Lipinski definition) is 5. The van der Waals surface area contributed by atoms with Crippen LogP contribution in [-0.2, 0) is 6.42 Å². The SMILES string of the molecule is CNc1nc(Nc2ccc3c(c2)C=CC3)ncc1/C=C/C#N. The number of benzene rings is 1. The van der Waals surface area contributed by atoms with E-state index in [0.717, 1.165) is 17.7 Å². The quantitative estimate of drug-likeness (QED) is 0.844. The second kappa shape index (κ2) is 6.10. The molecule has 0 spiro atoms. The molecule has 5 heteroatoms. The van der Waals surface area contributed by atoms with E-state index in [1.54, 1.807) is 19.3 Å². The first-order chi connectivity index (χ1) is 10.8. The van der Waals surface area contributed by atoms with Crippen LogP contribution in [0.5, 0.6) is 0 Å². The number of fused-ring (bicyclic) bond motifs is 1. The third-order valence-electron chi connectivity index (χ3n) is 3.43. The van der Waals surface area contributed by atoms with E-state index in [4.69, 9.17) is 5.26 Å². The topological polar surface area (TPSA) is 73.6 Å². The summed E-state index contributed by atoms with van der Waals surface area (Å²) in [5, 5.41) is 14.8. The number of aromatic nitrogens is 2. The van der Waals surface area contributed by atoms with Crippen LogP contribution in [0.3, 0.4) is 0 Å². The zero-order valence-electron chi connectivity index (χ0n) is 12.2. The molecule has 0 fully saturated rings. The number of nitriles is 1. The monoisotopic (exact) mass is 289 g/mol. The molecule has 108 valence electrons. The van der Waals surface area contributed by atoms with Crippen molar-refractivity contribution >= 4 is 29.6 Å². The lowest BCUT2D eigenvalue weighted by Gasteiger charge is -2.09. The fourth-order valence-electron chi connectivity index (χ4n) is 2.36. The Hall–Kier alpha value is -3.13. The van der Waals surface area contributed by atoms with Crippen LogP contribution in [0.15, 0.2) is 36.5 Å². The normalized spacial score (nSPS) is 12.2. The van der Waals surface area contributed by atoms with Gasteiger partial charge in [0.25, 0.3) is 0 Å². The van der Waals surface area contributed by atoms with Crippen LogP contribution in [0.4, 0.5) is 17.5 Å². The molecular weight excluding hydrogens is 274 g/mol. The van der Waals surface area contributed by atoms with Crippen molar-refractivity contribution in [3.05, 3.63) is 53.2 Å². The van der Waals surface area contributed by atoms with E-state index in [-0.39, 0.29) is 0 Å². The third-order valence-corrected chi connectivity index (χ3v) is 3.43. The fourth-order valence-corrected chi connectivity index (χ4v) is 2.36. The van der Waals surface area contributed by atoms with Crippen molar-refractivity contribution in [1.82, 2.24) is 9.97 Å². The Balaban J connectivity index is 1.85. The molecule has 0 radical (unpaired) electrons. The maximum atomic E-state index is 8.60. The molecule has 1 aromatic heterocycles. The minimum Gasteiger partial charge on any atom is -0.372 e. The van der Waals surface area contributed by atoms with E-state index in [2.05, 4.69) is 44.9 Å². The molecule has 2 aromatic rings. The van der Waals surface area contributed by atoms with Crippen LogP contribution in [0, 0.1) is 11.3 Å². The molecule has 1 aliphatic rings. The molecule has 0 saturated carbocycles. The first-order valence-corrected chi connectivity index (χ1v) is 6.97. The third kappa shape index (κ3) is 2.81. The maximum Gasteiger partial charge on any atom is 0.229 e. The van der Waals surface area contributed by atoms with Crippen molar-refractivity contribution in [2.45, 2.75) is 6.42 Å². The molecule has 1 aliphatic carbocycles. The molecule has 0 saturated heterocycles. The molecule has 22 heavy (non-hydrogen) atoms. The van der Waals surface area contributed by atoms with Gasteiger partial charge < -0.3 is 10.6 Å². The molecule has 0 amide bonds. The summed E-state index contributed by atoms with van der Waals surface area (Å²) in [6.45, 7) is 0. The van der Waals surface area contributed by atoms with Crippen LogP contribution in [0.2, 0.25) is 0 Å². The number of rotatable bonds is 4. The van der Waals surface area contributed by atoms with Gasteiger partial charge in [-0.05, 0) is 35.8 Å². The Kier molecular flexibility index (Phi) is 3.84. The van der Waals surface area contributed by atoms with Gasteiger partial charge in [-0.25, -0.2) is 4.98 Å². The van der Waals surface area contributed by atoms with Crippen LogP contribution in [0.25, 0.3) is 12.2 Å². The van der Waals surface area contributed by atoms with Gasteiger partial charge >= 0.3 is 0 Å². The van der Waals surface area contributed by atoms with Crippen molar-refractivity contribution in [1.29, 1.82) is 5.26 Å². The predicted molar refractivity (Wildman–Crippen MR) is 88.7 cm³/mol. The summed E-state index contributed by atoms with van der Waals surface area (Å²) in [5.74, 6) is 1.19. The van der Waals surface area contributed by atoms with Crippen LogP contribution in [-0.4, -0.2) is 17.0 Å².